The Morgan fingerprint density at radius 2 is 0.886 bits per heavy atom. The van der Waals surface area contributed by atoms with Crippen molar-refractivity contribution in [2.75, 3.05) is 13.2 Å². The van der Waals surface area contributed by atoms with E-state index in [0.717, 1.165) is 89.9 Å². The molecule has 0 fully saturated rings. The Bertz CT molecular complexity index is 833. The van der Waals surface area contributed by atoms with Gasteiger partial charge in [-0.15, -0.1) is 0 Å². The maximum atomic E-state index is 11.9. The van der Waals surface area contributed by atoms with Gasteiger partial charge in [-0.25, -0.2) is 0 Å². The minimum atomic E-state index is -0.979. The predicted octanol–water partition coefficient (Wildman–Crippen LogP) is 10.6. The molecular formula is C39H64O5. The molecule has 0 aliphatic carbocycles. The van der Waals surface area contributed by atoms with E-state index in [1.165, 1.54) is 25.7 Å². The van der Waals surface area contributed by atoms with Crippen molar-refractivity contribution in [3.05, 3.63) is 72.9 Å². The third-order valence-corrected chi connectivity index (χ3v) is 7.02. The molecule has 0 aromatic rings. The van der Waals surface area contributed by atoms with Crippen molar-refractivity contribution in [1.82, 2.24) is 0 Å². The lowest BCUT2D eigenvalue weighted by molar-refractivity contribution is -0.152. The van der Waals surface area contributed by atoms with Crippen LogP contribution in [0.1, 0.15) is 142 Å². The van der Waals surface area contributed by atoms with Crippen LogP contribution < -0.4 is 0 Å². The maximum absolute atomic E-state index is 11.9. The number of carbonyl (C=O) groups excluding carboxylic acids is 2. The average molecular weight is 613 g/mol. The minimum Gasteiger partial charge on any atom is -0.463 e. The molecule has 1 atom stereocenters. The van der Waals surface area contributed by atoms with Crippen molar-refractivity contribution in [2.24, 2.45) is 0 Å². The van der Waals surface area contributed by atoms with Crippen LogP contribution in [0.25, 0.3) is 0 Å². The molecule has 1 unspecified atom stereocenters. The molecule has 0 amide bonds. The summed E-state index contributed by atoms with van der Waals surface area (Å²) in [5.41, 5.74) is 0. The number of aliphatic hydroxyl groups excluding tert-OH is 1. The summed E-state index contributed by atoms with van der Waals surface area (Å²) >= 11 is 0. The Morgan fingerprint density at radius 3 is 1.32 bits per heavy atom. The number of esters is 2. The van der Waals surface area contributed by atoms with Crippen molar-refractivity contribution >= 4 is 11.9 Å². The molecule has 0 saturated heterocycles. The van der Waals surface area contributed by atoms with Gasteiger partial charge in [-0.2, -0.15) is 0 Å². The van der Waals surface area contributed by atoms with E-state index in [4.69, 9.17) is 9.47 Å². The summed E-state index contributed by atoms with van der Waals surface area (Å²) in [6, 6.07) is 0. The van der Waals surface area contributed by atoms with Gasteiger partial charge in [-0.3, -0.25) is 9.59 Å². The van der Waals surface area contributed by atoms with E-state index >= 15 is 0 Å². The summed E-state index contributed by atoms with van der Waals surface area (Å²) in [6.07, 6.45) is 45.3. The molecule has 44 heavy (non-hydrogen) atoms. The van der Waals surface area contributed by atoms with Crippen molar-refractivity contribution in [3.63, 3.8) is 0 Å². The largest absolute Gasteiger partial charge is 0.463 e. The normalized spacial score (nSPS) is 13.1. The first-order valence-electron chi connectivity index (χ1n) is 17.5. The van der Waals surface area contributed by atoms with Crippen LogP contribution >= 0.6 is 0 Å². The number of allylic oxidation sites excluding steroid dienone is 12. The van der Waals surface area contributed by atoms with Crippen LogP contribution in [0.15, 0.2) is 72.9 Å². The summed E-state index contributed by atoms with van der Waals surface area (Å²) in [5.74, 6) is -0.608. The molecule has 0 aliphatic heterocycles. The third kappa shape index (κ3) is 33.8. The van der Waals surface area contributed by atoms with Gasteiger partial charge in [0.25, 0.3) is 0 Å². The maximum Gasteiger partial charge on any atom is 0.305 e. The van der Waals surface area contributed by atoms with Gasteiger partial charge in [-0.05, 0) is 77.6 Å². The quantitative estimate of drug-likeness (QED) is 0.0496. The number of carbonyl (C=O) groups is 2. The van der Waals surface area contributed by atoms with Gasteiger partial charge >= 0.3 is 11.9 Å². The van der Waals surface area contributed by atoms with E-state index in [-0.39, 0.29) is 25.2 Å². The summed E-state index contributed by atoms with van der Waals surface area (Å²) in [7, 11) is 0. The topological polar surface area (TPSA) is 72.8 Å². The Kier molecular flexibility index (Phi) is 32.7. The molecule has 0 bridgehead atoms. The van der Waals surface area contributed by atoms with Crippen molar-refractivity contribution in [1.29, 1.82) is 0 Å². The second-order valence-electron chi connectivity index (χ2n) is 11.3. The molecule has 250 valence electrons. The first-order valence-corrected chi connectivity index (χ1v) is 17.5. The number of hydrogen-bond acceptors (Lipinski definition) is 5. The lowest BCUT2D eigenvalue weighted by atomic mass is 10.1. The number of unbranched alkanes of at least 4 members (excludes halogenated alkanes) is 11. The first kappa shape index (κ1) is 41.3. The fourth-order valence-corrected chi connectivity index (χ4v) is 4.40. The predicted molar refractivity (Wildman–Crippen MR) is 186 cm³/mol. The highest BCUT2D eigenvalue weighted by molar-refractivity contribution is 5.69. The number of hydrogen-bond donors (Lipinski definition) is 1. The highest BCUT2D eigenvalue weighted by atomic mass is 16.6. The van der Waals surface area contributed by atoms with E-state index in [2.05, 4.69) is 79.8 Å². The van der Waals surface area contributed by atoms with Gasteiger partial charge in [-0.1, -0.05) is 125 Å². The van der Waals surface area contributed by atoms with Crippen LogP contribution in [0.5, 0.6) is 0 Å². The Morgan fingerprint density at radius 1 is 0.523 bits per heavy atom. The Balaban J connectivity index is 3.52. The molecule has 0 aromatic heterocycles. The van der Waals surface area contributed by atoms with Gasteiger partial charge < -0.3 is 14.6 Å². The molecule has 5 heteroatoms. The van der Waals surface area contributed by atoms with Crippen molar-refractivity contribution in [3.8, 4) is 0 Å². The monoisotopic (exact) mass is 612 g/mol. The summed E-state index contributed by atoms with van der Waals surface area (Å²) in [5, 5.41) is 9.98. The molecule has 0 aliphatic rings. The number of rotatable bonds is 30. The zero-order chi connectivity index (χ0) is 32.2. The van der Waals surface area contributed by atoms with Crippen molar-refractivity contribution in [2.45, 2.75) is 148 Å². The SMILES string of the molecule is C/C=C/C/C=C\C/C=C\CCCCCCCC(=O)OCC(O)COC(=O)CCCCCCCC/C=C\C/C=C\C/C=C\CC. The standard InChI is InChI=1S/C39H64O5/c1-3-5-7-9-11-13-15-17-19-20-22-24-26-28-30-32-34-39(42)44-36-37(40)35-43-38(41)33-31-29-27-25-23-21-18-16-14-12-10-8-6-4-2/h4-7,10-13,16-19,37,40H,3,8-9,14-15,20-36H2,1-2H3/b6-4+,7-5-,12-10-,13-11-,18-16-,19-17-. The summed E-state index contributed by atoms with van der Waals surface area (Å²) in [4.78, 5) is 23.8. The van der Waals surface area contributed by atoms with E-state index < -0.39 is 6.10 Å². The molecule has 0 spiro atoms. The van der Waals surface area contributed by atoms with Crippen LogP contribution in [0.4, 0.5) is 0 Å². The molecule has 5 nitrogen and oxygen atoms in total. The molecule has 0 rings (SSSR count). The van der Waals surface area contributed by atoms with Gasteiger partial charge in [0.2, 0.25) is 0 Å². The highest BCUT2D eigenvalue weighted by Gasteiger charge is 2.12. The van der Waals surface area contributed by atoms with E-state index in [0.29, 0.717) is 12.8 Å². The second kappa shape index (κ2) is 34.8. The number of aliphatic hydroxyl groups is 1. The fraction of sp³-hybridized carbons (Fsp3) is 0.641. The third-order valence-electron chi connectivity index (χ3n) is 7.02. The highest BCUT2D eigenvalue weighted by Crippen LogP contribution is 2.11. The first-order chi connectivity index (χ1) is 21.6. The Hall–Kier alpha value is -2.66. The van der Waals surface area contributed by atoms with Crippen LogP contribution in [0.2, 0.25) is 0 Å². The van der Waals surface area contributed by atoms with Crippen molar-refractivity contribution < 1.29 is 24.2 Å². The second-order valence-corrected chi connectivity index (χ2v) is 11.3. The molecule has 1 N–H and O–H groups in total. The number of ether oxygens (including phenoxy) is 2. The van der Waals surface area contributed by atoms with Crippen LogP contribution in [0.3, 0.4) is 0 Å². The van der Waals surface area contributed by atoms with E-state index in [1.54, 1.807) is 0 Å². The molecule has 0 saturated carbocycles. The smallest absolute Gasteiger partial charge is 0.305 e. The lowest BCUT2D eigenvalue weighted by Gasteiger charge is -2.12. The zero-order valence-electron chi connectivity index (χ0n) is 28.1. The van der Waals surface area contributed by atoms with Gasteiger partial charge in [0.05, 0.1) is 0 Å². The molecule has 0 radical (unpaired) electrons. The van der Waals surface area contributed by atoms with Crippen LogP contribution in [-0.2, 0) is 19.1 Å². The van der Waals surface area contributed by atoms with Gasteiger partial charge in [0.15, 0.2) is 0 Å². The van der Waals surface area contributed by atoms with E-state index in [9.17, 15) is 14.7 Å². The average Bonchev–Trinajstić information content (AvgIpc) is 3.02. The zero-order valence-corrected chi connectivity index (χ0v) is 28.1. The van der Waals surface area contributed by atoms with Crippen LogP contribution in [0, 0.1) is 0 Å². The van der Waals surface area contributed by atoms with Gasteiger partial charge in [0.1, 0.15) is 19.3 Å². The fourth-order valence-electron chi connectivity index (χ4n) is 4.40. The van der Waals surface area contributed by atoms with Crippen LogP contribution in [-0.4, -0.2) is 36.4 Å². The molecule has 0 heterocycles. The molecular weight excluding hydrogens is 548 g/mol. The Labute approximate surface area is 270 Å². The van der Waals surface area contributed by atoms with Gasteiger partial charge in [0, 0.05) is 12.8 Å². The molecule has 0 aromatic carbocycles. The summed E-state index contributed by atoms with van der Waals surface area (Å²) < 4.78 is 10.3. The lowest BCUT2D eigenvalue weighted by Crippen LogP contribution is -2.25. The van der Waals surface area contributed by atoms with E-state index in [1.807, 2.05) is 6.92 Å². The minimum absolute atomic E-state index is 0.133. The summed E-state index contributed by atoms with van der Waals surface area (Å²) in [6.45, 7) is 3.92.